The Kier molecular flexibility index (Phi) is 3.63. The lowest BCUT2D eigenvalue weighted by atomic mass is 9.82. The molecule has 3 rings (SSSR count). The Morgan fingerprint density at radius 3 is 2.60 bits per heavy atom. The maximum Gasteiger partial charge on any atom is 0.223 e. The highest BCUT2D eigenvalue weighted by atomic mass is 15.1. The molecule has 104 valence electrons. The monoisotopic (exact) mass is 268 g/mol. The van der Waals surface area contributed by atoms with Gasteiger partial charge in [-0.2, -0.15) is 9.97 Å². The molecule has 1 aromatic heterocycles. The van der Waals surface area contributed by atoms with Crippen LogP contribution in [0, 0.1) is 5.92 Å². The van der Waals surface area contributed by atoms with E-state index in [4.69, 9.17) is 5.73 Å². The van der Waals surface area contributed by atoms with Crippen LogP contribution in [-0.2, 0) is 0 Å². The molecule has 20 heavy (non-hydrogen) atoms. The number of anilines is 1. The van der Waals surface area contributed by atoms with Gasteiger partial charge in [0.25, 0.3) is 0 Å². The normalized spacial score (nSPS) is 22.6. The minimum atomic E-state index is 0.326. The molecule has 0 amide bonds. The van der Waals surface area contributed by atoms with E-state index in [0.29, 0.717) is 17.7 Å². The van der Waals surface area contributed by atoms with Crippen LogP contribution in [0.4, 0.5) is 5.95 Å². The van der Waals surface area contributed by atoms with E-state index < -0.39 is 0 Å². The second-order valence-corrected chi connectivity index (χ2v) is 5.71. The van der Waals surface area contributed by atoms with E-state index in [1.165, 1.54) is 12.8 Å². The molecule has 1 aliphatic carbocycles. The van der Waals surface area contributed by atoms with E-state index in [9.17, 15) is 0 Å². The van der Waals surface area contributed by atoms with Crippen LogP contribution >= 0.6 is 0 Å². The molecule has 4 nitrogen and oxygen atoms in total. The third-order valence-corrected chi connectivity index (χ3v) is 4.00. The molecular formula is C16H20N4. The Morgan fingerprint density at radius 1 is 1.05 bits per heavy atom. The lowest BCUT2D eigenvalue weighted by Gasteiger charge is -2.25. The van der Waals surface area contributed by atoms with Crippen molar-refractivity contribution in [2.75, 3.05) is 5.73 Å². The summed E-state index contributed by atoms with van der Waals surface area (Å²) in [6, 6.07) is 9.96. The molecule has 0 spiro atoms. The minimum Gasteiger partial charge on any atom is -0.368 e. The number of nitrogen functional groups attached to an aromatic ring is 1. The van der Waals surface area contributed by atoms with Crippen LogP contribution < -0.4 is 5.73 Å². The molecule has 1 saturated carbocycles. The summed E-state index contributed by atoms with van der Waals surface area (Å²) in [5.41, 5.74) is 6.87. The van der Waals surface area contributed by atoms with Gasteiger partial charge in [-0.15, -0.1) is 0 Å². The number of benzene rings is 1. The molecule has 2 unspecified atom stereocenters. The molecule has 1 aromatic carbocycles. The van der Waals surface area contributed by atoms with Gasteiger partial charge in [-0.05, 0) is 18.8 Å². The van der Waals surface area contributed by atoms with E-state index in [1.54, 1.807) is 0 Å². The fourth-order valence-electron chi connectivity index (χ4n) is 2.98. The molecule has 0 saturated heterocycles. The van der Waals surface area contributed by atoms with Crippen molar-refractivity contribution in [2.24, 2.45) is 5.92 Å². The van der Waals surface area contributed by atoms with Crippen LogP contribution in [0.5, 0.6) is 0 Å². The Labute approximate surface area is 119 Å². The average Bonchev–Trinajstić information content (AvgIpc) is 2.47. The second-order valence-electron chi connectivity index (χ2n) is 5.71. The first-order valence-electron chi connectivity index (χ1n) is 7.29. The van der Waals surface area contributed by atoms with Gasteiger partial charge in [0.05, 0.1) is 0 Å². The summed E-state index contributed by atoms with van der Waals surface area (Å²) in [6.07, 6.45) is 4.86. The summed E-state index contributed by atoms with van der Waals surface area (Å²) in [4.78, 5) is 13.3. The van der Waals surface area contributed by atoms with Gasteiger partial charge in [-0.3, -0.25) is 0 Å². The third-order valence-electron chi connectivity index (χ3n) is 4.00. The average molecular weight is 268 g/mol. The number of aromatic nitrogens is 3. The van der Waals surface area contributed by atoms with Gasteiger partial charge >= 0.3 is 0 Å². The van der Waals surface area contributed by atoms with E-state index in [2.05, 4.69) is 21.9 Å². The van der Waals surface area contributed by atoms with E-state index in [0.717, 1.165) is 30.1 Å². The van der Waals surface area contributed by atoms with Crippen LogP contribution in [0.2, 0.25) is 0 Å². The molecule has 1 fully saturated rings. The molecule has 1 heterocycles. The van der Waals surface area contributed by atoms with Crippen molar-refractivity contribution in [3.63, 3.8) is 0 Å². The number of nitrogens with zero attached hydrogens (tertiary/aromatic N) is 3. The first kappa shape index (κ1) is 13.0. The topological polar surface area (TPSA) is 64.7 Å². The smallest absolute Gasteiger partial charge is 0.223 e. The molecule has 0 aliphatic heterocycles. The van der Waals surface area contributed by atoms with E-state index in [1.807, 2.05) is 30.3 Å². The van der Waals surface area contributed by atoms with Crippen molar-refractivity contribution in [3.05, 3.63) is 36.2 Å². The molecule has 4 heteroatoms. The van der Waals surface area contributed by atoms with Crippen molar-refractivity contribution in [3.8, 4) is 11.4 Å². The van der Waals surface area contributed by atoms with Crippen LogP contribution in [0.3, 0.4) is 0 Å². The summed E-state index contributed by atoms with van der Waals surface area (Å²) in [5, 5.41) is 0. The second kappa shape index (κ2) is 5.57. The summed E-state index contributed by atoms with van der Waals surface area (Å²) in [5.74, 6) is 3.04. The van der Waals surface area contributed by atoms with Crippen LogP contribution in [0.1, 0.15) is 44.3 Å². The Hall–Kier alpha value is -1.97. The number of hydrogen-bond acceptors (Lipinski definition) is 4. The molecule has 2 atom stereocenters. The Bertz CT molecular complexity index is 582. The van der Waals surface area contributed by atoms with E-state index in [-0.39, 0.29) is 0 Å². The summed E-state index contributed by atoms with van der Waals surface area (Å²) >= 11 is 0. The first-order valence-corrected chi connectivity index (χ1v) is 7.29. The number of nitrogens with two attached hydrogens (primary N) is 1. The Balaban J connectivity index is 1.94. The minimum absolute atomic E-state index is 0.326. The fraction of sp³-hybridized carbons (Fsp3) is 0.438. The predicted octanol–water partition coefficient (Wildman–Crippen LogP) is 3.41. The lowest BCUT2D eigenvalue weighted by Crippen LogP contribution is -2.16. The Morgan fingerprint density at radius 2 is 1.85 bits per heavy atom. The van der Waals surface area contributed by atoms with Crippen LogP contribution in [-0.4, -0.2) is 15.0 Å². The van der Waals surface area contributed by atoms with Crippen molar-refractivity contribution in [2.45, 2.75) is 38.5 Å². The largest absolute Gasteiger partial charge is 0.368 e. The third kappa shape index (κ3) is 2.79. The van der Waals surface area contributed by atoms with Gasteiger partial charge in [0.2, 0.25) is 5.95 Å². The number of rotatable bonds is 2. The zero-order chi connectivity index (χ0) is 13.9. The quantitative estimate of drug-likeness (QED) is 0.906. The molecular weight excluding hydrogens is 248 g/mol. The van der Waals surface area contributed by atoms with Crippen LogP contribution in [0.25, 0.3) is 11.4 Å². The standard InChI is InChI=1S/C16H20N4/c1-11-6-5-9-13(10-11)15-18-14(19-16(17)20-15)12-7-3-2-4-8-12/h2-4,7-8,11,13H,5-6,9-10H2,1H3,(H2,17,18,19,20). The zero-order valence-corrected chi connectivity index (χ0v) is 11.8. The van der Waals surface area contributed by atoms with E-state index >= 15 is 0 Å². The van der Waals surface area contributed by atoms with Crippen molar-refractivity contribution >= 4 is 5.95 Å². The van der Waals surface area contributed by atoms with Gasteiger partial charge in [0.1, 0.15) is 5.82 Å². The van der Waals surface area contributed by atoms with Gasteiger partial charge in [-0.25, -0.2) is 4.98 Å². The summed E-state index contributed by atoms with van der Waals surface area (Å²) < 4.78 is 0. The zero-order valence-electron chi connectivity index (χ0n) is 11.8. The van der Waals surface area contributed by atoms with Crippen molar-refractivity contribution in [1.82, 2.24) is 15.0 Å². The molecule has 2 aromatic rings. The molecule has 2 N–H and O–H groups in total. The SMILES string of the molecule is CC1CCCC(c2nc(N)nc(-c3ccccc3)n2)C1. The summed E-state index contributed by atoms with van der Waals surface area (Å²) in [6.45, 7) is 2.30. The van der Waals surface area contributed by atoms with Gasteiger partial charge in [0, 0.05) is 11.5 Å². The fourth-order valence-corrected chi connectivity index (χ4v) is 2.98. The number of hydrogen-bond donors (Lipinski definition) is 1. The molecule has 0 radical (unpaired) electrons. The maximum atomic E-state index is 5.88. The highest BCUT2D eigenvalue weighted by molar-refractivity contribution is 5.55. The van der Waals surface area contributed by atoms with Crippen LogP contribution in [0.15, 0.2) is 30.3 Å². The van der Waals surface area contributed by atoms with Crippen molar-refractivity contribution in [1.29, 1.82) is 0 Å². The predicted molar refractivity (Wildman–Crippen MR) is 80.0 cm³/mol. The molecule has 0 bridgehead atoms. The van der Waals surface area contributed by atoms with Crippen molar-refractivity contribution < 1.29 is 0 Å². The highest BCUT2D eigenvalue weighted by Crippen LogP contribution is 2.34. The maximum absolute atomic E-state index is 5.88. The lowest BCUT2D eigenvalue weighted by molar-refractivity contribution is 0.335. The van der Waals surface area contributed by atoms with Gasteiger partial charge in [-0.1, -0.05) is 50.1 Å². The van der Waals surface area contributed by atoms with Gasteiger partial charge < -0.3 is 5.73 Å². The molecule has 1 aliphatic rings. The highest BCUT2D eigenvalue weighted by Gasteiger charge is 2.23. The first-order chi connectivity index (χ1) is 9.72. The van der Waals surface area contributed by atoms with Gasteiger partial charge in [0.15, 0.2) is 5.82 Å². The summed E-state index contributed by atoms with van der Waals surface area (Å²) in [7, 11) is 0.